The van der Waals surface area contributed by atoms with E-state index in [9.17, 15) is 19.2 Å². The van der Waals surface area contributed by atoms with E-state index in [1.807, 2.05) is 23.1 Å². The van der Waals surface area contributed by atoms with Gasteiger partial charge in [-0.25, -0.2) is 4.85 Å². The lowest BCUT2D eigenvalue weighted by Crippen LogP contribution is -2.61. The van der Waals surface area contributed by atoms with Crippen molar-refractivity contribution in [1.82, 2.24) is 15.1 Å². The summed E-state index contributed by atoms with van der Waals surface area (Å²) in [6.07, 6.45) is 2.35. The number of carbonyl (C=O) groups is 4. The van der Waals surface area contributed by atoms with Crippen molar-refractivity contribution in [2.45, 2.75) is 38.3 Å². The van der Waals surface area contributed by atoms with Crippen LogP contribution in [0, 0.1) is 12.0 Å². The van der Waals surface area contributed by atoms with Crippen LogP contribution in [0.4, 0.5) is 11.4 Å². The number of halogens is 1. The van der Waals surface area contributed by atoms with E-state index in [2.05, 4.69) is 15.1 Å². The molecule has 0 aliphatic carbocycles. The van der Waals surface area contributed by atoms with E-state index in [4.69, 9.17) is 18.2 Å². The van der Waals surface area contributed by atoms with Crippen LogP contribution in [0.2, 0.25) is 5.02 Å². The van der Waals surface area contributed by atoms with E-state index >= 15 is 0 Å². The Bertz CT molecular complexity index is 1420. The summed E-state index contributed by atoms with van der Waals surface area (Å²) in [6, 6.07) is 9.91. The van der Waals surface area contributed by atoms with E-state index in [1.54, 1.807) is 23.1 Å². The van der Waals surface area contributed by atoms with Gasteiger partial charge in [-0.1, -0.05) is 29.8 Å². The highest BCUT2D eigenvalue weighted by molar-refractivity contribution is 6.33. The molecule has 4 aliphatic rings. The highest BCUT2D eigenvalue weighted by Gasteiger charge is 2.47. The summed E-state index contributed by atoms with van der Waals surface area (Å²) in [6.45, 7) is 10.5. The SMILES string of the molecule is [C-]#[N+]c1ccc(C(=O)N2CCC3(CC2)CN(c2cccc4c2CN(C2CCC(=O)NC2=O)C4=O)C3)cc1Cl. The maximum absolute atomic E-state index is 13.2. The molecule has 0 radical (unpaired) electrons. The number of anilines is 1. The van der Waals surface area contributed by atoms with Crippen LogP contribution in [0.25, 0.3) is 4.85 Å². The van der Waals surface area contributed by atoms with E-state index in [0.717, 1.165) is 37.2 Å². The number of benzene rings is 2. The van der Waals surface area contributed by atoms with E-state index in [0.29, 0.717) is 47.9 Å². The molecule has 4 aliphatic heterocycles. The van der Waals surface area contributed by atoms with Crippen LogP contribution in [-0.2, 0) is 16.1 Å². The van der Waals surface area contributed by atoms with Crippen molar-refractivity contribution in [2.75, 3.05) is 31.1 Å². The fourth-order valence-corrected chi connectivity index (χ4v) is 6.44. The number of piperidine rings is 2. The Morgan fingerprint density at radius 3 is 2.55 bits per heavy atom. The molecule has 10 heteroatoms. The minimum Gasteiger partial charge on any atom is -0.370 e. The number of hydrogen-bond donors (Lipinski definition) is 1. The largest absolute Gasteiger partial charge is 0.370 e. The Kier molecular flexibility index (Phi) is 5.88. The van der Waals surface area contributed by atoms with Crippen LogP contribution in [0.5, 0.6) is 0 Å². The second-order valence-electron chi connectivity index (χ2n) is 10.6. The fraction of sp³-hybridized carbons (Fsp3) is 0.393. The molecule has 194 valence electrons. The topological polar surface area (TPSA) is 94.4 Å². The molecule has 3 saturated heterocycles. The third-order valence-corrected chi connectivity index (χ3v) is 8.68. The van der Waals surface area contributed by atoms with Crippen molar-refractivity contribution in [3.05, 3.63) is 69.5 Å². The average Bonchev–Trinajstić information content (AvgIpc) is 3.23. The van der Waals surface area contributed by atoms with Gasteiger partial charge >= 0.3 is 0 Å². The molecule has 6 rings (SSSR count). The Hall–Kier alpha value is -3.90. The number of hydrogen-bond acceptors (Lipinski definition) is 5. The summed E-state index contributed by atoms with van der Waals surface area (Å²) >= 11 is 6.13. The fourth-order valence-electron chi connectivity index (χ4n) is 6.21. The number of nitrogens with zero attached hydrogens (tertiary/aromatic N) is 4. The van der Waals surface area contributed by atoms with Crippen LogP contribution in [0.3, 0.4) is 0 Å². The van der Waals surface area contributed by atoms with Crippen molar-refractivity contribution in [1.29, 1.82) is 0 Å². The molecule has 9 nitrogen and oxygen atoms in total. The van der Waals surface area contributed by atoms with Crippen LogP contribution >= 0.6 is 11.6 Å². The lowest BCUT2D eigenvalue weighted by Gasteiger charge is -2.55. The van der Waals surface area contributed by atoms with E-state index in [1.165, 1.54) is 0 Å². The van der Waals surface area contributed by atoms with Crippen molar-refractivity contribution in [2.24, 2.45) is 5.41 Å². The molecule has 1 spiro atoms. The van der Waals surface area contributed by atoms with Gasteiger partial charge in [0.2, 0.25) is 17.5 Å². The first-order valence-electron chi connectivity index (χ1n) is 12.8. The minimum absolute atomic E-state index is 0.0672. The Morgan fingerprint density at radius 1 is 1.11 bits per heavy atom. The summed E-state index contributed by atoms with van der Waals surface area (Å²) < 4.78 is 0. The zero-order valence-electron chi connectivity index (χ0n) is 20.7. The molecule has 0 saturated carbocycles. The van der Waals surface area contributed by atoms with Gasteiger partial charge in [-0.15, -0.1) is 0 Å². The first-order valence-corrected chi connectivity index (χ1v) is 13.1. The number of amides is 4. The predicted octanol–water partition coefficient (Wildman–Crippen LogP) is 3.39. The highest BCUT2D eigenvalue weighted by Crippen LogP contribution is 2.45. The van der Waals surface area contributed by atoms with Gasteiger partial charge in [0.1, 0.15) is 6.04 Å². The number of rotatable bonds is 3. The maximum Gasteiger partial charge on any atom is 0.255 e. The zero-order chi connectivity index (χ0) is 26.6. The number of nitrogens with one attached hydrogen (secondary N) is 1. The minimum atomic E-state index is -0.627. The molecule has 0 bridgehead atoms. The van der Waals surface area contributed by atoms with Gasteiger partial charge in [0.05, 0.1) is 6.57 Å². The summed E-state index contributed by atoms with van der Waals surface area (Å²) in [4.78, 5) is 59.2. The number of carbonyl (C=O) groups excluding carboxylic acids is 4. The average molecular weight is 532 g/mol. The summed E-state index contributed by atoms with van der Waals surface area (Å²) in [5, 5.41) is 2.64. The van der Waals surface area contributed by atoms with E-state index in [-0.39, 0.29) is 29.6 Å². The molecule has 2 aromatic carbocycles. The third-order valence-electron chi connectivity index (χ3n) is 8.38. The smallest absolute Gasteiger partial charge is 0.255 e. The molecule has 1 atom stereocenters. The van der Waals surface area contributed by atoms with E-state index < -0.39 is 11.9 Å². The van der Waals surface area contributed by atoms with Gasteiger partial charge in [0, 0.05) is 72.0 Å². The second kappa shape index (κ2) is 9.14. The maximum atomic E-state index is 13.2. The van der Waals surface area contributed by atoms with Gasteiger partial charge in [-0.2, -0.15) is 0 Å². The Balaban J connectivity index is 1.10. The van der Waals surface area contributed by atoms with Crippen molar-refractivity contribution in [3.63, 3.8) is 0 Å². The molecular formula is C28H26ClN5O4. The molecule has 1 N–H and O–H groups in total. The quantitative estimate of drug-likeness (QED) is 0.484. The summed E-state index contributed by atoms with van der Waals surface area (Å²) in [5.74, 6) is -0.931. The van der Waals surface area contributed by atoms with Crippen LogP contribution in [-0.4, -0.2) is 65.6 Å². The van der Waals surface area contributed by atoms with Crippen LogP contribution in [0.15, 0.2) is 36.4 Å². The van der Waals surface area contributed by atoms with Crippen molar-refractivity contribution >= 4 is 46.6 Å². The first kappa shape index (κ1) is 24.4. The molecule has 4 amide bonds. The number of imide groups is 1. The number of fused-ring (bicyclic) bond motifs is 1. The van der Waals surface area contributed by atoms with Gasteiger partial charge in [0.15, 0.2) is 0 Å². The zero-order valence-corrected chi connectivity index (χ0v) is 21.5. The second-order valence-corrected chi connectivity index (χ2v) is 11.0. The lowest BCUT2D eigenvalue weighted by atomic mass is 9.71. The van der Waals surface area contributed by atoms with Gasteiger partial charge in [-0.3, -0.25) is 24.5 Å². The molecule has 1 unspecified atom stereocenters. The molecule has 38 heavy (non-hydrogen) atoms. The van der Waals surface area contributed by atoms with Crippen molar-refractivity contribution in [3.8, 4) is 0 Å². The Labute approximate surface area is 225 Å². The molecule has 4 heterocycles. The molecular weight excluding hydrogens is 506 g/mol. The number of likely N-dealkylation sites (tertiary alicyclic amines) is 1. The predicted molar refractivity (Wildman–Crippen MR) is 140 cm³/mol. The molecule has 3 fully saturated rings. The lowest BCUT2D eigenvalue weighted by molar-refractivity contribution is -0.136. The molecule has 0 aromatic heterocycles. The highest BCUT2D eigenvalue weighted by atomic mass is 35.5. The van der Waals surface area contributed by atoms with Crippen molar-refractivity contribution < 1.29 is 19.2 Å². The summed E-state index contributed by atoms with van der Waals surface area (Å²) in [5.41, 5.74) is 3.53. The third kappa shape index (κ3) is 4.00. The first-order chi connectivity index (χ1) is 18.3. The van der Waals surface area contributed by atoms with Gasteiger partial charge < -0.3 is 14.7 Å². The molecule has 2 aromatic rings. The Morgan fingerprint density at radius 2 is 1.87 bits per heavy atom. The van der Waals surface area contributed by atoms with Gasteiger partial charge in [-0.05, 0) is 37.5 Å². The standard InChI is InChI=1S/C28H26ClN5O4/c1-30-21-6-5-17(13-20(21)29)26(37)32-11-9-28(10-12-32)15-33(16-28)22-4-2-3-18-19(22)14-34(27(18)38)23-7-8-24(35)31-25(23)36/h2-6,13,23H,7-12,14-16H2,(H,31,35,36). The monoisotopic (exact) mass is 531 g/mol. The van der Waals surface area contributed by atoms with Crippen LogP contribution < -0.4 is 10.2 Å². The van der Waals surface area contributed by atoms with Crippen LogP contribution in [0.1, 0.15) is 52.0 Å². The summed E-state index contributed by atoms with van der Waals surface area (Å²) in [7, 11) is 0. The normalized spacial score (nSPS) is 22.2. The van der Waals surface area contributed by atoms with Gasteiger partial charge in [0.25, 0.3) is 11.8 Å².